The Bertz CT molecular complexity index is 1120. The van der Waals surface area contributed by atoms with Crippen LogP contribution in [0.4, 0.5) is 0 Å². The first kappa shape index (κ1) is 24.1. The molecule has 12 nitrogen and oxygen atoms in total. The molecule has 1 aliphatic heterocycles. The summed E-state index contributed by atoms with van der Waals surface area (Å²) in [4.78, 5) is 23.5. The molecular formula is C18H18ClNO11S. The van der Waals surface area contributed by atoms with E-state index in [4.69, 9.17) is 35.7 Å². The number of furan rings is 1. The number of primary sulfonamides is 1. The van der Waals surface area contributed by atoms with Crippen LogP contribution < -0.4 is 5.14 Å². The molecule has 1 aliphatic rings. The number of benzene rings is 1. The summed E-state index contributed by atoms with van der Waals surface area (Å²) in [6.45, 7) is 0. The maximum absolute atomic E-state index is 12.8. The molecule has 3 rings (SSSR count). The Hall–Kier alpha value is -2.52. The van der Waals surface area contributed by atoms with Gasteiger partial charge in [0.2, 0.25) is 16.3 Å². The molecule has 14 heteroatoms. The van der Waals surface area contributed by atoms with Crippen LogP contribution in [0, 0.1) is 0 Å². The maximum atomic E-state index is 12.8. The van der Waals surface area contributed by atoms with Gasteiger partial charge in [0.15, 0.2) is 6.10 Å². The van der Waals surface area contributed by atoms with Crippen LogP contribution in [0.2, 0.25) is 5.02 Å². The van der Waals surface area contributed by atoms with Gasteiger partial charge in [-0.3, -0.25) is 0 Å². The first-order valence-corrected chi connectivity index (χ1v) is 10.8. The monoisotopic (exact) mass is 491 g/mol. The van der Waals surface area contributed by atoms with E-state index in [-0.39, 0.29) is 22.6 Å². The number of esters is 1. The lowest BCUT2D eigenvalue weighted by Gasteiger charge is -2.38. The second kappa shape index (κ2) is 9.15. The van der Waals surface area contributed by atoms with E-state index in [1.807, 2.05) is 0 Å². The molecule has 2 heterocycles. The van der Waals surface area contributed by atoms with E-state index < -0.39 is 57.6 Å². The Labute approximate surface area is 185 Å². The Morgan fingerprint density at radius 3 is 2.41 bits per heavy atom. The van der Waals surface area contributed by atoms with Crippen molar-refractivity contribution in [1.82, 2.24) is 0 Å². The van der Waals surface area contributed by atoms with Gasteiger partial charge < -0.3 is 34.3 Å². The van der Waals surface area contributed by atoms with E-state index in [0.29, 0.717) is 5.76 Å². The Morgan fingerprint density at radius 2 is 1.84 bits per heavy atom. The van der Waals surface area contributed by atoms with Gasteiger partial charge >= 0.3 is 11.9 Å². The molecular weight excluding hydrogens is 474 g/mol. The molecule has 1 saturated heterocycles. The van der Waals surface area contributed by atoms with Gasteiger partial charge in [-0.05, 0) is 29.8 Å². The van der Waals surface area contributed by atoms with E-state index >= 15 is 0 Å². The number of carboxylic acid groups (broad SMARTS) is 1. The summed E-state index contributed by atoms with van der Waals surface area (Å²) in [7, 11) is -4.34. The number of rotatable bonds is 6. The van der Waals surface area contributed by atoms with Crippen LogP contribution in [0.25, 0.3) is 0 Å². The molecule has 6 N–H and O–H groups in total. The van der Waals surface area contributed by atoms with Crippen LogP contribution in [-0.4, -0.2) is 71.5 Å². The maximum Gasteiger partial charge on any atom is 0.340 e. The number of aliphatic hydroxyl groups excluding tert-OH is 3. The number of aliphatic carboxylic acids is 1. The van der Waals surface area contributed by atoms with Crippen molar-refractivity contribution in [2.75, 3.05) is 0 Å². The highest BCUT2D eigenvalue weighted by Gasteiger charge is 2.48. The number of ether oxygens (including phenoxy) is 2. The SMILES string of the molecule is NS(=O)(=O)c1cc(C(=O)O[C@@H]2O[C@H](C(=O)O)[C@@H](O)[C@H](O)[C@H]2O)c(Cc2ccco2)cc1Cl. The topological polar surface area (TPSA) is 207 Å². The lowest BCUT2D eigenvalue weighted by Crippen LogP contribution is -2.60. The Morgan fingerprint density at radius 1 is 1.16 bits per heavy atom. The number of hydrogen-bond acceptors (Lipinski definition) is 10. The first-order chi connectivity index (χ1) is 14.9. The Balaban J connectivity index is 1.97. The van der Waals surface area contributed by atoms with Crippen LogP contribution in [0.5, 0.6) is 0 Å². The van der Waals surface area contributed by atoms with Crippen molar-refractivity contribution in [3.8, 4) is 0 Å². The molecule has 0 bridgehead atoms. The van der Waals surface area contributed by atoms with Gasteiger partial charge in [-0.2, -0.15) is 0 Å². The van der Waals surface area contributed by atoms with Crippen molar-refractivity contribution in [2.24, 2.45) is 5.14 Å². The van der Waals surface area contributed by atoms with Gasteiger partial charge in [-0.25, -0.2) is 23.1 Å². The number of hydrogen-bond donors (Lipinski definition) is 5. The lowest BCUT2D eigenvalue weighted by atomic mass is 9.99. The van der Waals surface area contributed by atoms with E-state index in [1.165, 1.54) is 6.26 Å². The first-order valence-electron chi connectivity index (χ1n) is 8.91. The fourth-order valence-electron chi connectivity index (χ4n) is 3.07. The zero-order valence-electron chi connectivity index (χ0n) is 16.0. The molecule has 0 unspecified atom stereocenters. The van der Waals surface area contributed by atoms with Crippen LogP contribution in [-0.2, 0) is 30.7 Å². The molecule has 1 aromatic heterocycles. The summed E-state index contributed by atoms with van der Waals surface area (Å²) in [5, 5.41) is 43.6. The minimum atomic E-state index is -4.34. The van der Waals surface area contributed by atoms with Gasteiger partial charge in [0.25, 0.3) is 0 Å². The number of halogens is 1. The normalized spacial score (nSPS) is 26.0. The predicted molar refractivity (Wildman–Crippen MR) is 104 cm³/mol. The van der Waals surface area contributed by atoms with Crippen LogP contribution in [0.15, 0.2) is 39.8 Å². The zero-order valence-corrected chi connectivity index (χ0v) is 17.6. The molecule has 1 aromatic carbocycles. The predicted octanol–water partition coefficient (Wildman–Crippen LogP) is -0.780. The fourth-order valence-corrected chi connectivity index (χ4v) is 4.19. The van der Waals surface area contributed by atoms with Crippen LogP contribution in [0.3, 0.4) is 0 Å². The highest BCUT2D eigenvalue weighted by atomic mass is 35.5. The summed E-state index contributed by atoms with van der Waals surface area (Å²) in [6, 6.07) is 5.18. The third kappa shape index (κ3) is 4.94. The summed E-state index contributed by atoms with van der Waals surface area (Å²) in [5.74, 6) is -2.53. The van der Waals surface area contributed by atoms with Crippen molar-refractivity contribution in [3.05, 3.63) is 52.4 Å². The quantitative estimate of drug-likeness (QED) is 0.316. The van der Waals surface area contributed by atoms with Crippen molar-refractivity contribution in [3.63, 3.8) is 0 Å². The van der Waals surface area contributed by atoms with Gasteiger partial charge in [0, 0.05) is 6.42 Å². The van der Waals surface area contributed by atoms with Crippen molar-refractivity contribution >= 4 is 33.6 Å². The van der Waals surface area contributed by atoms with Crippen LogP contribution in [0.1, 0.15) is 21.7 Å². The molecule has 2 aromatic rings. The number of sulfonamides is 1. The van der Waals surface area contributed by atoms with E-state index in [2.05, 4.69) is 0 Å². The number of carbonyl (C=O) groups excluding carboxylic acids is 1. The summed E-state index contributed by atoms with van der Waals surface area (Å²) in [5.41, 5.74) is -0.193. The number of carboxylic acids is 1. The molecule has 174 valence electrons. The average Bonchev–Trinajstić information content (AvgIpc) is 3.20. The second-order valence-corrected chi connectivity index (χ2v) is 8.82. The van der Waals surface area contributed by atoms with Gasteiger partial charge in [0.1, 0.15) is 29.0 Å². The molecule has 0 saturated carbocycles. The molecule has 0 aliphatic carbocycles. The minimum absolute atomic E-state index is 0.0186. The van der Waals surface area contributed by atoms with Crippen molar-refractivity contribution in [1.29, 1.82) is 0 Å². The van der Waals surface area contributed by atoms with E-state index in [1.54, 1.807) is 12.1 Å². The second-order valence-electron chi connectivity index (χ2n) is 6.88. The molecule has 32 heavy (non-hydrogen) atoms. The summed E-state index contributed by atoms with van der Waals surface area (Å²) < 4.78 is 38.8. The third-order valence-corrected chi connectivity index (χ3v) is 6.04. The van der Waals surface area contributed by atoms with Gasteiger partial charge in [-0.1, -0.05) is 11.6 Å². The molecule has 0 radical (unpaired) electrons. The average molecular weight is 492 g/mol. The van der Waals surface area contributed by atoms with Crippen LogP contribution >= 0.6 is 11.6 Å². The highest BCUT2D eigenvalue weighted by molar-refractivity contribution is 7.89. The standard InChI is InChI=1S/C18H18ClNO11S/c19-10-5-7(4-8-2-1-3-29-8)9(6-11(10)32(20,27)28)17(26)31-18-14(23)12(21)13(22)15(30-18)16(24)25/h1-3,5-6,12-15,18,21-23H,4H2,(H,24,25)(H2,20,27,28)/t12-,13-,14+,15-,18-/m0/s1. The number of aliphatic hydroxyl groups is 3. The minimum Gasteiger partial charge on any atom is -0.479 e. The lowest BCUT2D eigenvalue weighted by molar-refractivity contribution is -0.278. The van der Waals surface area contributed by atoms with Crippen molar-refractivity contribution in [2.45, 2.75) is 42.0 Å². The fraction of sp³-hybridized carbons (Fsp3) is 0.333. The smallest absolute Gasteiger partial charge is 0.340 e. The molecule has 0 amide bonds. The molecule has 1 fully saturated rings. The summed E-state index contributed by atoms with van der Waals surface area (Å²) >= 11 is 6.00. The Kier molecular flexibility index (Phi) is 6.90. The molecule has 0 spiro atoms. The third-order valence-electron chi connectivity index (χ3n) is 4.67. The van der Waals surface area contributed by atoms with E-state index in [0.717, 1.165) is 12.1 Å². The number of nitrogens with two attached hydrogens (primary N) is 1. The van der Waals surface area contributed by atoms with Gasteiger partial charge in [0.05, 0.1) is 16.8 Å². The summed E-state index contributed by atoms with van der Waals surface area (Å²) in [6.07, 6.45) is -8.63. The van der Waals surface area contributed by atoms with E-state index in [9.17, 15) is 33.3 Å². The largest absolute Gasteiger partial charge is 0.479 e. The highest BCUT2D eigenvalue weighted by Crippen LogP contribution is 2.29. The van der Waals surface area contributed by atoms with Gasteiger partial charge in [-0.15, -0.1) is 0 Å². The molecule has 5 atom stereocenters. The zero-order chi connectivity index (χ0) is 23.8. The van der Waals surface area contributed by atoms with Crippen molar-refractivity contribution < 1.29 is 52.3 Å². The number of carbonyl (C=O) groups is 2.